The molecule has 0 aliphatic carbocycles. The molecule has 0 aliphatic rings. The van der Waals surface area contributed by atoms with Gasteiger partial charge in [-0.3, -0.25) is 4.39 Å². The number of alkyl halides is 1. The summed E-state index contributed by atoms with van der Waals surface area (Å²) < 4.78 is 16.0. The Bertz CT molecular complexity index is 256. The Morgan fingerprint density at radius 1 is 1.06 bits per heavy atom. The van der Waals surface area contributed by atoms with Gasteiger partial charge in [0.25, 0.3) is 0 Å². The predicted octanol–water partition coefficient (Wildman–Crippen LogP) is 2.50. The van der Waals surface area contributed by atoms with Crippen LogP contribution in [-0.4, -0.2) is 46.0 Å². The quantitative estimate of drug-likeness (QED) is 0.556. The standard InChI is InChI=1S/C12H20NO.CH3F/c1-13(2,3)9-10-14-11-12-7-5-4-6-8-12;1-2/h4-8H,9-11H2,1-3H3;1H3/q+1;. The average molecular weight is 228 g/mol. The number of benzene rings is 1. The molecule has 0 saturated carbocycles. The second-order valence-electron chi connectivity index (χ2n) is 4.55. The van der Waals surface area contributed by atoms with Crippen molar-refractivity contribution in [1.29, 1.82) is 0 Å². The zero-order chi connectivity index (χ0) is 12.4. The predicted molar refractivity (Wildman–Crippen MR) is 66.0 cm³/mol. The Hall–Kier alpha value is -0.930. The molecule has 1 aromatic carbocycles. The molecular weight excluding hydrogens is 205 g/mol. The van der Waals surface area contributed by atoms with Crippen LogP contribution in [0.4, 0.5) is 4.39 Å². The van der Waals surface area contributed by atoms with Gasteiger partial charge in [-0.1, -0.05) is 30.3 Å². The van der Waals surface area contributed by atoms with Crippen molar-refractivity contribution in [3.05, 3.63) is 35.9 Å². The minimum absolute atomic E-state index is 0.500. The second kappa shape index (κ2) is 8.25. The number of hydrogen-bond donors (Lipinski definition) is 0. The summed E-state index contributed by atoms with van der Waals surface area (Å²) in [4.78, 5) is 0. The van der Waals surface area contributed by atoms with Gasteiger partial charge in [-0.05, 0) is 5.56 Å². The van der Waals surface area contributed by atoms with Gasteiger partial charge in [0.1, 0.15) is 6.54 Å². The van der Waals surface area contributed by atoms with Gasteiger partial charge in [0.05, 0.1) is 41.5 Å². The first-order chi connectivity index (χ1) is 7.58. The van der Waals surface area contributed by atoms with E-state index < -0.39 is 0 Å². The van der Waals surface area contributed by atoms with Crippen LogP contribution in [0.3, 0.4) is 0 Å². The molecule has 0 saturated heterocycles. The third-order valence-electron chi connectivity index (χ3n) is 2.02. The number of hydrogen-bond acceptors (Lipinski definition) is 1. The van der Waals surface area contributed by atoms with E-state index in [1.165, 1.54) is 5.56 Å². The average Bonchev–Trinajstić information content (AvgIpc) is 2.28. The molecule has 1 rings (SSSR count). The third-order valence-corrected chi connectivity index (χ3v) is 2.02. The molecule has 16 heavy (non-hydrogen) atoms. The summed E-state index contributed by atoms with van der Waals surface area (Å²) in [6.07, 6.45) is 0. The summed E-state index contributed by atoms with van der Waals surface area (Å²) in [5, 5.41) is 0. The Balaban J connectivity index is 0.00000106. The van der Waals surface area contributed by atoms with Gasteiger partial charge < -0.3 is 9.22 Å². The Labute approximate surface area is 98.2 Å². The molecule has 92 valence electrons. The maximum Gasteiger partial charge on any atom is 0.102 e. The lowest BCUT2D eigenvalue weighted by Crippen LogP contribution is -2.37. The largest absolute Gasteiger partial charge is 0.371 e. The molecule has 3 heteroatoms. The maximum absolute atomic E-state index is 9.50. The van der Waals surface area contributed by atoms with Crippen molar-refractivity contribution in [1.82, 2.24) is 0 Å². The van der Waals surface area contributed by atoms with Gasteiger partial charge >= 0.3 is 0 Å². The fraction of sp³-hybridized carbons (Fsp3) is 0.538. The summed E-state index contributed by atoms with van der Waals surface area (Å²) in [5.74, 6) is 0. The van der Waals surface area contributed by atoms with Crippen molar-refractivity contribution in [3.63, 3.8) is 0 Å². The van der Waals surface area contributed by atoms with E-state index in [-0.39, 0.29) is 0 Å². The van der Waals surface area contributed by atoms with Crippen molar-refractivity contribution in [2.75, 3.05) is 41.5 Å². The normalized spacial score (nSPS) is 10.6. The molecule has 0 unspecified atom stereocenters. The lowest BCUT2D eigenvalue weighted by molar-refractivity contribution is -0.870. The lowest BCUT2D eigenvalue weighted by atomic mass is 10.2. The second-order valence-corrected chi connectivity index (χ2v) is 4.55. The summed E-state index contributed by atoms with van der Waals surface area (Å²) in [6.45, 7) is 2.59. The van der Waals surface area contributed by atoms with Gasteiger partial charge in [0.15, 0.2) is 0 Å². The van der Waals surface area contributed by atoms with E-state index in [0.717, 1.165) is 24.2 Å². The molecule has 0 amide bonds. The van der Waals surface area contributed by atoms with Crippen LogP contribution < -0.4 is 0 Å². The summed E-state index contributed by atoms with van der Waals surface area (Å²) in [6, 6.07) is 10.3. The van der Waals surface area contributed by atoms with Crippen LogP contribution in [0.25, 0.3) is 0 Å². The highest BCUT2D eigenvalue weighted by molar-refractivity contribution is 5.13. The Kier molecular flexibility index (Phi) is 7.77. The summed E-state index contributed by atoms with van der Waals surface area (Å²) in [7, 11) is 7.02. The van der Waals surface area contributed by atoms with Gasteiger partial charge in [0, 0.05) is 0 Å². The number of likely N-dealkylation sites (N-methyl/N-ethyl adjacent to an activating group) is 1. The molecule has 0 aromatic heterocycles. The van der Waals surface area contributed by atoms with Crippen LogP contribution in [-0.2, 0) is 11.3 Å². The Morgan fingerprint density at radius 2 is 1.62 bits per heavy atom. The van der Waals surface area contributed by atoms with Crippen molar-refractivity contribution >= 4 is 0 Å². The molecule has 0 atom stereocenters. The molecule has 0 heterocycles. The zero-order valence-corrected chi connectivity index (χ0v) is 10.7. The first-order valence-corrected chi connectivity index (χ1v) is 5.38. The van der Waals surface area contributed by atoms with E-state index >= 15 is 0 Å². The van der Waals surface area contributed by atoms with Crippen molar-refractivity contribution < 1.29 is 13.6 Å². The van der Waals surface area contributed by atoms with Gasteiger partial charge in [-0.2, -0.15) is 0 Å². The number of ether oxygens (including phenoxy) is 1. The van der Waals surface area contributed by atoms with Crippen LogP contribution >= 0.6 is 0 Å². The lowest BCUT2D eigenvalue weighted by Gasteiger charge is -2.23. The fourth-order valence-electron chi connectivity index (χ4n) is 1.10. The van der Waals surface area contributed by atoms with E-state index in [4.69, 9.17) is 4.74 Å². The smallest absolute Gasteiger partial charge is 0.102 e. The zero-order valence-electron chi connectivity index (χ0n) is 10.7. The van der Waals surface area contributed by atoms with Crippen LogP contribution in [0, 0.1) is 0 Å². The molecule has 0 aliphatic heterocycles. The topological polar surface area (TPSA) is 9.23 Å². The van der Waals surface area contributed by atoms with E-state index in [0.29, 0.717) is 7.18 Å². The van der Waals surface area contributed by atoms with Gasteiger partial charge in [-0.15, -0.1) is 0 Å². The molecule has 0 bridgehead atoms. The third kappa shape index (κ3) is 8.38. The molecule has 0 N–H and O–H groups in total. The minimum Gasteiger partial charge on any atom is -0.371 e. The number of quaternary nitrogens is 1. The van der Waals surface area contributed by atoms with Crippen LogP contribution in [0.1, 0.15) is 5.56 Å². The number of rotatable bonds is 5. The fourth-order valence-corrected chi connectivity index (χ4v) is 1.10. The minimum atomic E-state index is 0.500. The Morgan fingerprint density at radius 3 is 2.12 bits per heavy atom. The highest BCUT2D eigenvalue weighted by atomic mass is 19.1. The van der Waals surface area contributed by atoms with Crippen LogP contribution in [0.15, 0.2) is 30.3 Å². The maximum atomic E-state index is 9.50. The van der Waals surface area contributed by atoms with Crippen LogP contribution in [0.5, 0.6) is 0 Å². The summed E-state index contributed by atoms with van der Waals surface area (Å²) >= 11 is 0. The molecule has 1 aromatic rings. The highest BCUT2D eigenvalue weighted by Gasteiger charge is 2.05. The van der Waals surface area contributed by atoms with E-state index in [1.54, 1.807) is 0 Å². The first-order valence-electron chi connectivity index (χ1n) is 5.38. The molecule has 0 radical (unpaired) electrons. The van der Waals surface area contributed by atoms with Gasteiger partial charge in [-0.25, -0.2) is 0 Å². The number of nitrogens with zero attached hydrogens (tertiary/aromatic N) is 1. The van der Waals surface area contributed by atoms with E-state index in [9.17, 15) is 4.39 Å². The van der Waals surface area contributed by atoms with Crippen molar-refractivity contribution in [3.8, 4) is 0 Å². The SMILES string of the molecule is CF.C[N+](C)(C)CCOCc1ccccc1. The van der Waals surface area contributed by atoms with Crippen LogP contribution in [0.2, 0.25) is 0 Å². The number of halogens is 1. The highest BCUT2D eigenvalue weighted by Crippen LogP contribution is 2.00. The molecule has 2 nitrogen and oxygen atoms in total. The van der Waals surface area contributed by atoms with Crippen molar-refractivity contribution in [2.45, 2.75) is 6.61 Å². The molecule has 0 fully saturated rings. The monoisotopic (exact) mass is 228 g/mol. The van der Waals surface area contributed by atoms with Crippen molar-refractivity contribution in [2.24, 2.45) is 0 Å². The summed E-state index contributed by atoms with van der Waals surface area (Å²) in [5.41, 5.74) is 1.24. The molecule has 0 spiro atoms. The van der Waals surface area contributed by atoms with Gasteiger partial charge in [0.2, 0.25) is 0 Å². The van der Waals surface area contributed by atoms with E-state index in [2.05, 4.69) is 33.3 Å². The first kappa shape index (κ1) is 15.1. The van der Waals surface area contributed by atoms with E-state index in [1.807, 2.05) is 18.2 Å². The molecular formula is C13H23FNO+.